The third-order valence-electron chi connectivity index (χ3n) is 4.16. The first kappa shape index (κ1) is 21.0. The Kier molecular flexibility index (Phi) is 7.14. The number of rotatable bonds is 6. The van der Waals surface area contributed by atoms with Gasteiger partial charge in [0, 0.05) is 24.0 Å². The van der Waals surface area contributed by atoms with E-state index in [9.17, 15) is 14.4 Å². The number of hydrogen-bond acceptors (Lipinski definition) is 6. The van der Waals surface area contributed by atoms with Crippen molar-refractivity contribution in [3.63, 3.8) is 0 Å². The fraction of sp³-hybridized carbons (Fsp3) is 0.286. The maximum Gasteiger partial charge on any atom is 0.355 e. The summed E-state index contributed by atoms with van der Waals surface area (Å²) in [5.41, 5.74) is 1.90. The first-order valence-corrected chi connectivity index (χ1v) is 8.88. The van der Waals surface area contributed by atoms with Gasteiger partial charge in [-0.25, -0.2) is 9.59 Å². The Morgan fingerprint density at radius 3 is 2.43 bits per heavy atom. The van der Waals surface area contributed by atoms with Gasteiger partial charge in [0.25, 0.3) is 5.91 Å². The summed E-state index contributed by atoms with van der Waals surface area (Å²) in [6.07, 6.45) is 7.25. The average Bonchev–Trinajstić information content (AvgIpc) is 2.94. The van der Waals surface area contributed by atoms with E-state index >= 15 is 0 Å². The first-order valence-electron chi connectivity index (χ1n) is 8.88. The van der Waals surface area contributed by atoms with E-state index in [4.69, 9.17) is 9.47 Å². The molecule has 1 N–H and O–H groups in total. The van der Waals surface area contributed by atoms with E-state index in [0.29, 0.717) is 17.8 Å². The average molecular weight is 384 g/mol. The minimum Gasteiger partial charge on any atom is -0.465 e. The van der Waals surface area contributed by atoms with E-state index < -0.39 is 11.9 Å². The molecule has 0 atom stereocenters. The molecule has 7 heteroatoms. The molecule has 0 spiro atoms. The number of carbonyl (C=O) groups is 3. The second-order valence-electron chi connectivity index (χ2n) is 6.07. The number of allylic oxidation sites excluding steroid dienone is 2. The van der Waals surface area contributed by atoms with Crippen LogP contribution < -0.4 is 10.2 Å². The second kappa shape index (κ2) is 9.55. The van der Waals surface area contributed by atoms with Crippen molar-refractivity contribution in [3.05, 3.63) is 65.0 Å². The predicted molar refractivity (Wildman–Crippen MR) is 106 cm³/mol. The predicted octanol–water partition coefficient (Wildman–Crippen LogP) is 2.62. The van der Waals surface area contributed by atoms with Crippen LogP contribution in [0.15, 0.2) is 53.9 Å². The van der Waals surface area contributed by atoms with Gasteiger partial charge in [-0.3, -0.25) is 4.79 Å². The van der Waals surface area contributed by atoms with Crippen LogP contribution >= 0.6 is 0 Å². The molecule has 1 aliphatic rings. The number of hydrogen-bond donors (Lipinski definition) is 1. The fourth-order valence-corrected chi connectivity index (χ4v) is 2.70. The van der Waals surface area contributed by atoms with E-state index in [1.807, 2.05) is 13.8 Å². The monoisotopic (exact) mass is 384 g/mol. The number of nitrogens with one attached hydrogen (secondary N) is 1. The van der Waals surface area contributed by atoms with Crippen molar-refractivity contribution >= 4 is 23.5 Å². The summed E-state index contributed by atoms with van der Waals surface area (Å²) < 4.78 is 9.72. The Balaban J connectivity index is 2.61. The molecule has 1 aromatic carbocycles. The molecule has 0 aromatic heterocycles. The molecule has 1 amide bonds. The molecule has 1 aromatic rings. The number of carbonyl (C=O) groups excluding carboxylic acids is 3. The second-order valence-corrected chi connectivity index (χ2v) is 6.07. The van der Waals surface area contributed by atoms with Crippen LogP contribution in [0.4, 0.5) is 5.69 Å². The summed E-state index contributed by atoms with van der Waals surface area (Å²) in [5.74, 6) is -1.58. The lowest BCUT2D eigenvalue weighted by Gasteiger charge is -2.25. The van der Waals surface area contributed by atoms with E-state index in [1.165, 1.54) is 25.2 Å². The van der Waals surface area contributed by atoms with Gasteiger partial charge in [0.05, 0.1) is 19.8 Å². The molecule has 28 heavy (non-hydrogen) atoms. The largest absolute Gasteiger partial charge is 0.465 e. The van der Waals surface area contributed by atoms with Gasteiger partial charge in [-0.15, -0.1) is 0 Å². The van der Waals surface area contributed by atoms with Gasteiger partial charge in [-0.2, -0.15) is 0 Å². The molecule has 0 fully saturated rings. The SMILES string of the molecule is CCCNC(=O)c1ccc(C)c(N2C=CC=CC(C(=O)OC)=C2C(=O)OC)c1. The lowest BCUT2D eigenvalue weighted by molar-refractivity contribution is -0.139. The molecule has 148 valence electrons. The van der Waals surface area contributed by atoms with Crippen molar-refractivity contribution in [2.45, 2.75) is 20.3 Å². The van der Waals surface area contributed by atoms with Crippen LogP contribution in [0.3, 0.4) is 0 Å². The number of esters is 2. The highest BCUT2D eigenvalue weighted by Crippen LogP contribution is 2.30. The number of benzene rings is 1. The standard InChI is InChI=1S/C21H24N2O5/c1-5-11-22-19(24)15-10-9-14(2)17(13-15)23-12-7-6-8-16(20(25)27-3)18(23)21(26)28-4/h6-10,12-13H,5,11H2,1-4H3,(H,22,24). The van der Waals surface area contributed by atoms with E-state index in [0.717, 1.165) is 12.0 Å². The normalized spacial score (nSPS) is 13.2. The summed E-state index contributed by atoms with van der Waals surface area (Å²) in [5, 5.41) is 2.83. The first-order chi connectivity index (χ1) is 13.4. The Morgan fingerprint density at radius 2 is 1.79 bits per heavy atom. The summed E-state index contributed by atoms with van der Waals surface area (Å²) in [6, 6.07) is 5.18. The lowest BCUT2D eigenvalue weighted by Crippen LogP contribution is -2.28. The number of anilines is 1. The zero-order valence-electron chi connectivity index (χ0n) is 16.4. The van der Waals surface area contributed by atoms with Crippen LogP contribution in [0, 0.1) is 6.92 Å². The van der Waals surface area contributed by atoms with Crippen molar-refractivity contribution < 1.29 is 23.9 Å². The van der Waals surface area contributed by atoms with Gasteiger partial charge < -0.3 is 19.7 Å². The third kappa shape index (κ3) is 4.49. The van der Waals surface area contributed by atoms with E-state index in [-0.39, 0.29) is 17.2 Å². The Bertz CT molecular complexity index is 868. The molecule has 1 heterocycles. The molecule has 2 rings (SSSR count). The molecular formula is C21H24N2O5. The molecule has 1 aliphatic heterocycles. The molecule has 0 saturated carbocycles. The number of amides is 1. The maximum atomic E-state index is 12.5. The van der Waals surface area contributed by atoms with Crippen molar-refractivity contribution in [1.29, 1.82) is 0 Å². The zero-order chi connectivity index (χ0) is 20.7. The Hall–Kier alpha value is -3.35. The molecule has 7 nitrogen and oxygen atoms in total. The Morgan fingerprint density at radius 1 is 1.07 bits per heavy atom. The van der Waals surface area contributed by atoms with Gasteiger partial charge in [0.1, 0.15) is 5.70 Å². The van der Waals surface area contributed by atoms with Crippen LogP contribution in [0.2, 0.25) is 0 Å². The minimum absolute atomic E-state index is 0.00793. The van der Waals surface area contributed by atoms with Crippen molar-refractivity contribution in [3.8, 4) is 0 Å². The topological polar surface area (TPSA) is 84.9 Å². The van der Waals surface area contributed by atoms with Gasteiger partial charge in [-0.05, 0) is 43.2 Å². The molecule has 0 unspecified atom stereocenters. The number of aryl methyl sites for hydroxylation is 1. The van der Waals surface area contributed by atoms with Crippen molar-refractivity contribution in [1.82, 2.24) is 5.32 Å². The summed E-state index contributed by atoms with van der Waals surface area (Å²) in [7, 11) is 2.48. The highest BCUT2D eigenvalue weighted by molar-refractivity contribution is 6.06. The molecule has 0 aliphatic carbocycles. The van der Waals surface area contributed by atoms with Crippen LogP contribution in [0.5, 0.6) is 0 Å². The van der Waals surface area contributed by atoms with Crippen LogP contribution in [-0.2, 0) is 19.1 Å². The highest BCUT2D eigenvalue weighted by atomic mass is 16.5. The smallest absolute Gasteiger partial charge is 0.355 e. The molecule has 0 saturated heterocycles. The van der Waals surface area contributed by atoms with Crippen LogP contribution in [-0.4, -0.2) is 38.6 Å². The number of ether oxygens (including phenoxy) is 2. The molecular weight excluding hydrogens is 360 g/mol. The van der Waals surface area contributed by atoms with E-state index in [2.05, 4.69) is 5.32 Å². The third-order valence-corrected chi connectivity index (χ3v) is 4.16. The van der Waals surface area contributed by atoms with Crippen molar-refractivity contribution in [2.75, 3.05) is 25.7 Å². The van der Waals surface area contributed by atoms with Gasteiger partial charge in [-0.1, -0.05) is 19.1 Å². The highest BCUT2D eigenvalue weighted by Gasteiger charge is 2.28. The molecule has 0 radical (unpaired) electrons. The Labute approximate surface area is 164 Å². The zero-order valence-corrected chi connectivity index (χ0v) is 16.4. The summed E-state index contributed by atoms with van der Waals surface area (Å²) in [6.45, 7) is 4.38. The number of nitrogens with zero attached hydrogens (tertiary/aromatic N) is 1. The van der Waals surface area contributed by atoms with E-state index in [1.54, 1.807) is 36.6 Å². The van der Waals surface area contributed by atoms with Crippen molar-refractivity contribution in [2.24, 2.45) is 0 Å². The summed E-state index contributed by atoms with van der Waals surface area (Å²) >= 11 is 0. The van der Waals surface area contributed by atoms with Crippen LogP contribution in [0.1, 0.15) is 29.3 Å². The van der Waals surface area contributed by atoms with Gasteiger partial charge in [0.2, 0.25) is 0 Å². The van der Waals surface area contributed by atoms with Crippen LogP contribution in [0.25, 0.3) is 0 Å². The quantitative estimate of drug-likeness (QED) is 0.759. The van der Waals surface area contributed by atoms with Gasteiger partial charge >= 0.3 is 11.9 Å². The lowest BCUT2D eigenvalue weighted by atomic mass is 10.1. The molecule has 0 bridgehead atoms. The minimum atomic E-state index is -0.697. The van der Waals surface area contributed by atoms with Gasteiger partial charge in [0.15, 0.2) is 0 Å². The fourth-order valence-electron chi connectivity index (χ4n) is 2.70. The maximum absolute atomic E-state index is 12.5. The number of methoxy groups -OCH3 is 2. The summed E-state index contributed by atoms with van der Waals surface area (Å²) in [4.78, 5) is 38.7.